The summed E-state index contributed by atoms with van der Waals surface area (Å²) in [4.78, 5) is 17.6. The Morgan fingerprint density at radius 3 is 2.83 bits per heavy atom. The molecule has 0 unspecified atom stereocenters. The van der Waals surface area contributed by atoms with Crippen LogP contribution in [0.2, 0.25) is 0 Å². The first-order valence-corrected chi connectivity index (χ1v) is 10.5. The smallest absolute Gasteiger partial charge is 0.266 e. The highest BCUT2D eigenvalue weighted by atomic mass is 32.1. The fourth-order valence-corrected chi connectivity index (χ4v) is 4.63. The molecule has 0 bridgehead atoms. The molecule has 0 spiro atoms. The molecule has 0 aliphatic rings. The molecule has 0 saturated heterocycles. The third-order valence-corrected chi connectivity index (χ3v) is 6.08. The Morgan fingerprint density at radius 2 is 2.03 bits per heavy atom. The number of benzene rings is 2. The molecule has 2 aromatic heterocycles. The van der Waals surface area contributed by atoms with Gasteiger partial charge in [-0.05, 0) is 24.3 Å². The van der Waals surface area contributed by atoms with Gasteiger partial charge in [0, 0.05) is 28.1 Å². The summed E-state index contributed by atoms with van der Waals surface area (Å²) in [5, 5.41) is 5.22. The van der Waals surface area contributed by atoms with Crippen molar-refractivity contribution in [2.75, 3.05) is 12.4 Å². The van der Waals surface area contributed by atoms with Crippen LogP contribution in [0.15, 0.2) is 53.4 Å². The summed E-state index contributed by atoms with van der Waals surface area (Å²) in [5.41, 5.74) is 3.64. The first-order valence-electron chi connectivity index (χ1n) is 8.76. The number of thiazole rings is 1. The fraction of sp³-hybridized carbons (Fsp3) is 0.143. The number of amides is 1. The second kappa shape index (κ2) is 8.69. The molecule has 29 heavy (non-hydrogen) atoms. The SMILES string of the molecule is COCc1c(C(=O)Nc2ccccc2OCc2cscn2)sc2cccc(F)c12. The zero-order valence-corrected chi connectivity index (χ0v) is 17.1. The number of thiophene rings is 1. The number of aromatic nitrogens is 1. The van der Waals surface area contributed by atoms with Crippen molar-refractivity contribution in [1.29, 1.82) is 0 Å². The van der Waals surface area contributed by atoms with Gasteiger partial charge in [0.2, 0.25) is 0 Å². The van der Waals surface area contributed by atoms with Crippen molar-refractivity contribution in [2.45, 2.75) is 13.2 Å². The van der Waals surface area contributed by atoms with Gasteiger partial charge in [-0.1, -0.05) is 18.2 Å². The van der Waals surface area contributed by atoms with Crippen LogP contribution in [0.1, 0.15) is 20.9 Å². The number of hydrogen-bond acceptors (Lipinski definition) is 6. The number of methoxy groups -OCH3 is 1. The van der Waals surface area contributed by atoms with Crippen molar-refractivity contribution in [3.05, 3.63) is 75.3 Å². The minimum atomic E-state index is -0.364. The third kappa shape index (κ3) is 4.14. The van der Waals surface area contributed by atoms with E-state index in [9.17, 15) is 9.18 Å². The molecule has 0 saturated carbocycles. The van der Waals surface area contributed by atoms with Crippen LogP contribution in [0.4, 0.5) is 10.1 Å². The molecule has 2 aromatic carbocycles. The van der Waals surface area contributed by atoms with Crippen LogP contribution < -0.4 is 10.1 Å². The summed E-state index contributed by atoms with van der Waals surface area (Å²) in [5.74, 6) is -0.159. The highest BCUT2D eigenvalue weighted by Crippen LogP contribution is 2.35. The molecule has 5 nitrogen and oxygen atoms in total. The lowest BCUT2D eigenvalue weighted by molar-refractivity contribution is 0.102. The van der Waals surface area contributed by atoms with E-state index in [4.69, 9.17) is 9.47 Å². The normalized spacial score (nSPS) is 11.0. The van der Waals surface area contributed by atoms with Gasteiger partial charge in [0.25, 0.3) is 5.91 Å². The monoisotopic (exact) mass is 428 g/mol. The van der Waals surface area contributed by atoms with Crippen LogP contribution >= 0.6 is 22.7 Å². The number of anilines is 1. The highest BCUT2D eigenvalue weighted by Gasteiger charge is 2.21. The number of carbonyl (C=O) groups is 1. The average molecular weight is 429 g/mol. The number of ether oxygens (including phenoxy) is 2. The Hall–Kier alpha value is -2.81. The molecular weight excluding hydrogens is 411 g/mol. The number of nitrogens with one attached hydrogen (secondary N) is 1. The van der Waals surface area contributed by atoms with Gasteiger partial charge in [-0.3, -0.25) is 4.79 Å². The predicted molar refractivity (Wildman–Crippen MR) is 113 cm³/mol. The number of fused-ring (bicyclic) bond motifs is 1. The van der Waals surface area contributed by atoms with Crippen LogP contribution in [0.25, 0.3) is 10.1 Å². The van der Waals surface area contributed by atoms with Gasteiger partial charge in [0.05, 0.1) is 28.4 Å². The van der Waals surface area contributed by atoms with Crippen molar-refractivity contribution in [3.8, 4) is 5.75 Å². The Morgan fingerprint density at radius 1 is 1.17 bits per heavy atom. The van der Waals surface area contributed by atoms with Crippen LogP contribution in [0.5, 0.6) is 5.75 Å². The van der Waals surface area contributed by atoms with Crippen molar-refractivity contribution in [2.24, 2.45) is 0 Å². The Bertz CT molecular complexity index is 1140. The lowest BCUT2D eigenvalue weighted by Gasteiger charge is -2.12. The van der Waals surface area contributed by atoms with Crippen LogP contribution in [-0.4, -0.2) is 18.0 Å². The molecule has 4 aromatic rings. The first-order chi connectivity index (χ1) is 14.2. The fourth-order valence-electron chi connectivity index (χ4n) is 2.97. The van der Waals surface area contributed by atoms with Crippen molar-refractivity contribution in [1.82, 2.24) is 4.98 Å². The molecule has 2 heterocycles. The van der Waals surface area contributed by atoms with E-state index < -0.39 is 0 Å². The van der Waals surface area contributed by atoms with Gasteiger partial charge in [-0.15, -0.1) is 22.7 Å². The Balaban J connectivity index is 1.62. The van der Waals surface area contributed by atoms with Crippen LogP contribution in [-0.2, 0) is 18.0 Å². The molecule has 0 aliphatic carbocycles. The molecule has 0 atom stereocenters. The van der Waals surface area contributed by atoms with E-state index in [1.807, 2.05) is 17.5 Å². The van der Waals surface area contributed by atoms with E-state index in [1.165, 1.54) is 35.8 Å². The molecule has 0 fully saturated rings. The van der Waals surface area contributed by atoms with Crippen LogP contribution in [0.3, 0.4) is 0 Å². The zero-order chi connectivity index (χ0) is 20.2. The number of rotatable bonds is 7. The van der Waals surface area contributed by atoms with Crippen molar-refractivity contribution >= 4 is 44.4 Å². The van der Waals surface area contributed by atoms with Gasteiger partial charge in [-0.25, -0.2) is 9.37 Å². The maximum Gasteiger partial charge on any atom is 0.266 e. The zero-order valence-electron chi connectivity index (χ0n) is 15.5. The molecule has 4 rings (SSSR count). The molecular formula is C21H17FN2O3S2. The number of para-hydroxylation sites is 2. The minimum absolute atomic E-state index is 0.145. The van der Waals surface area contributed by atoms with E-state index in [-0.39, 0.29) is 18.3 Å². The number of carbonyl (C=O) groups excluding carboxylic acids is 1. The summed E-state index contributed by atoms with van der Waals surface area (Å²) in [6.07, 6.45) is 0. The van der Waals surface area contributed by atoms with Crippen LogP contribution in [0, 0.1) is 5.82 Å². The maximum absolute atomic E-state index is 14.4. The first kappa shape index (κ1) is 19.5. The highest BCUT2D eigenvalue weighted by molar-refractivity contribution is 7.21. The van der Waals surface area contributed by atoms with E-state index in [0.29, 0.717) is 38.6 Å². The minimum Gasteiger partial charge on any atom is -0.485 e. The lowest BCUT2D eigenvalue weighted by atomic mass is 10.1. The number of nitrogens with zero attached hydrogens (tertiary/aromatic N) is 1. The molecule has 0 radical (unpaired) electrons. The van der Waals surface area contributed by atoms with Gasteiger partial charge in [0.15, 0.2) is 0 Å². The van der Waals surface area contributed by atoms with Crippen molar-refractivity contribution in [3.63, 3.8) is 0 Å². The second-order valence-electron chi connectivity index (χ2n) is 6.17. The Kier molecular flexibility index (Phi) is 5.84. The second-order valence-corrected chi connectivity index (χ2v) is 7.95. The summed E-state index contributed by atoms with van der Waals surface area (Å²) < 4.78 is 26.1. The van der Waals surface area contributed by atoms with Crippen molar-refractivity contribution < 1.29 is 18.7 Å². The van der Waals surface area contributed by atoms with E-state index in [0.717, 1.165) is 5.69 Å². The predicted octanol–water partition coefficient (Wildman–Crippen LogP) is 5.47. The number of halogens is 1. The van der Waals surface area contributed by atoms with E-state index in [2.05, 4.69) is 10.3 Å². The maximum atomic E-state index is 14.4. The summed E-state index contributed by atoms with van der Waals surface area (Å²) in [6.45, 7) is 0.449. The van der Waals surface area contributed by atoms with E-state index in [1.54, 1.807) is 29.8 Å². The van der Waals surface area contributed by atoms with Gasteiger partial charge >= 0.3 is 0 Å². The molecule has 1 amide bonds. The standard InChI is InChI=1S/C21H17FN2O3S2/c1-26-10-14-19-15(22)5-4-8-18(19)29-20(14)21(25)24-16-6-2-3-7-17(16)27-9-13-11-28-12-23-13/h2-8,11-12H,9-10H2,1H3,(H,24,25). The number of hydrogen-bond donors (Lipinski definition) is 1. The Labute approximate surface area is 174 Å². The summed E-state index contributed by atoms with van der Waals surface area (Å²) >= 11 is 2.74. The largest absolute Gasteiger partial charge is 0.485 e. The third-order valence-electron chi connectivity index (χ3n) is 4.25. The molecule has 0 aliphatic heterocycles. The van der Waals surface area contributed by atoms with Gasteiger partial charge < -0.3 is 14.8 Å². The lowest BCUT2D eigenvalue weighted by Crippen LogP contribution is -2.13. The molecule has 8 heteroatoms. The average Bonchev–Trinajstić information content (AvgIpc) is 3.36. The topological polar surface area (TPSA) is 60.5 Å². The quantitative estimate of drug-likeness (QED) is 0.424. The van der Waals surface area contributed by atoms with E-state index >= 15 is 0 Å². The molecule has 148 valence electrons. The van der Waals surface area contributed by atoms with Gasteiger partial charge in [0.1, 0.15) is 18.2 Å². The molecule has 1 N–H and O–H groups in total. The van der Waals surface area contributed by atoms with Gasteiger partial charge in [-0.2, -0.15) is 0 Å². The summed E-state index contributed by atoms with van der Waals surface area (Å²) in [6, 6.07) is 12.0. The summed E-state index contributed by atoms with van der Waals surface area (Å²) in [7, 11) is 1.52.